The third-order valence-electron chi connectivity index (χ3n) is 3.08. The van der Waals surface area contributed by atoms with Crippen LogP contribution < -0.4 is 5.32 Å². The quantitative estimate of drug-likeness (QED) is 0.494. The smallest absolute Gasteiger partial charge is 0.270 e. The van der Waals surface area contributed by atoms with Crippen molar-refractivity contribution in [3.05, 3.63) is 39.9 Å². The summed E-state index contributed by atoms with van der Waals surface area (Å²) < 4.78 is 0. The molecule has 0 bridgehead atoms. The molecule has 21 heavy (non-hydrogen) atoms. The van der Waals surface area contributed by atoms with Gasteiger partial charge in [0.05, 0.1) is 11.5 Å². The van der Waals surface area contributed by atoms with E-state index in [4.69, 9.17) is 0 Å². The molecule has 1 N–H and O–H groups in total. The summed E-state index contributed by atoms with van der Waals surface area (Å²) in [5.41, 5.74) is 0.290. The van der Waals surface area contributed by atoms with Gasteiger partial charge in [-0.1, -0.05) is 32.9 Å². The highest BCUT2D eigenvalue weighted by molar-refractivity contribution is 5.98. The molecule has 0 amide bonds. The number of nitro groups is 1. The standard InChI is InChI=1S/C16H24N2O3/c1-15(2,3)11-16(4,5)17-10-14(19)12-7-6-8-13(9-12)18(20)21/h6-9,17H,10-11H2,1-5H3. The number of carbonyl (C=O) groups excluding carboxylic acids is 1. The molecule has 1 rings (SSSR count). The zero-order chi connectivity index (χ0) is 16.3. The lowest BCUT2D eigenvalue weighted by atomic mass is 9.82. The average molecular weight is 292 g/mol. The number of nitrogens with zero attached hydrogens (tertiary/aromatic N) is 1. The van der Waals surface area contributed by atoms with Crippen molar-refractivity contribution in [2.45, 2.75) is 46.6 Å². The SMILES string of the molecule is CC(C)(C)CC(C)(C)NCC(=O)c1cccc([N+](=O)[O-])c1. The number of Topliss-reactive ketones (excluding diaryl/α,β-unsaturated/α-hetero) is 1. The zero-order valence-corrected chi connectivity index (χ0v) is 13.4. The van der Waals surface area contributed by atoms with Crippen LogP contribution in [0.4, 0.5) is 5.69 Å². The summed E-state index contributed by atoms with van der Waals surface area (Å²) in [6, 6.07) is 5.84. The van der Waals surface area contributed by atoms with Crippen molar-refractivity contribution in [1.82, 2.24) is 5.32 Å². The van der Waals surface area contributed by atoms with Gasteiger partial charge in [-0.2, -0.15) is 0 Å². The molecule has 116 valence electrons. The van der Waals surface area contributed by atoms with Gasteiger partial charge in [0.15, 0.2) is 5.78 Å². The Labute approximate surface area is 125 Å². The highest BCUT2D eigenvalue weighted by Gasteiger charge is 2.25. The van der Waals surface area contributed by atoms with Gasteiger partial charge in [-0.25, -0.2) is 0 Å². The van der Waals surface area contributed by atoms with E-state index in [1.807, 2.05) is 0 Å². The van der Waals surface area contributed by atoms with Crippen LogP contribution in [0, 0.1) is 15.5 Å². The second-order valence-corrected chi connectivity index (χ2v) is 7.21. The van der Waals surface area contributed by atoms with Crippen molar-refractivity contribution in [2.75, 3.05) is 6.54 Å². The highest BCUT2D eigenvalue weighted by Crippen LogP contribution is 2.26. The van der Waals surface area contributed by atoms with Gasteiger partial charge in [-0.05, 0) is 25.7 Å². The lowest BCUT2D eigenvalue weighted by Gasteiger charge is -2.33. The number of non-ortho nitro benzene ring substituents is 1. The van der Waals surface area contributed by atoms with Gasteiger partial charge in [-0.3, -0.25) is 14.9 Å². The molecule has 5 heteroatoms. The van der Waals surface area contributed by atoms with E-state index in [9.17, 15) is 14.9 Å². The summed E-state index contributed by atoms with van der Waals surface area (Å²) >= 11 is 0. The van der Waals surface area contributed by atoms with E-state index in [0.717, 1.165) is 6.42 Å². The van der Waals surface area contributed by atoms with Crippen molar-refractivity contribution < 1.29 is 9.72 Å². The summed E-state index contributed by atoms with van der Waals surface area (Å²) in [7, 11) is 0. The zero-order valence-electron chi connectivity index (χ0n) is 13.4. The third kappa shape index (κ3) is 6.04. The second kappa shape index (κ2) is 6.35. The van der Waals surface area contributed by atoms with Crippen LogP contribution in [0.15, 0.2) is 24.3 Å². The first kappa shape index (κ1) is 17.3. The molecule has 5 nitrogen and oxygen atoms in total. The molecule has 0 atom stereocenters. The number of rotatable bonds is 6. The topological polar surface area (TPSA) is 72.2 Å². The Kier molecular flexibility index (Phi) is 5.23. The Morgan fingerprint density at radius 3 is 2.38 bits per heavy atom. The van der Waals surface area contributed by atoms with Crippen molar-refractivity contribution in [3.8, 4) is 0 Å². The summed E-state index contributed by atoms with van der Waals surface area (Å²) in [5.74, 6) is -0.138. The maximum Gasteiger partial charge on any atom is 0.270 e. The van der Waals surface area contributed by atoms with Gasteiger partial charge >= 0.3 is 0 Å². The lowest BCUT2D eigenvalue weighted by Crippen LogP contribution is -2.44. The van der Waals surface area contributed by atoms with E-state index < -0.39 is 4.92 Å². The van der Waals surface area contributed by atoms with E-state index >= 15 is 0 Å². The first-order chi connectivity index (χ1) is 9.50. The van der Waals surface area contributed by atoms with Crippen LogP contribution >= 0.6 is 0 Å². The number of nitro benzene ring substituents is 1. The fraction of sp³-hybridized carbons (Fsp3) is 0.562. The normalized spacial score (nSPS) is 12.2. The van der Waals surface area contributed by atoms with E-state index in [0.29, 0.717) is 5.56 Å². The lowest BCUT2D eigenvalue weighted by molar-refractivity contribution is -0.384. The van der Waals surface area contributed by atoms with E-state index in [1.165, 1.54) is 18.2 Å². The fourth-order valence-corrected chi connectivity index (χ4v) is 2.60. The number of hydrogen-bond acceptors (Lipinski definition) is 4. The number of ketones is 1. The predicted octanol–water partition coefficient (Wildman–Crippen LogP) is 3.58. The van der Waals surface area contributed by atoms with Gasteiger partial charge in [-0.15, -0.1) is 0 Å². The molecule has 1 aromatic carbocycles. The molecule has 0 unspecified atom stereocenters. The molecule has 0 saturated carbocycles. The van der Waals surface area contributed by atoms with Crippen molar-refractivity contribution >= 4 is 11.5 Å². The van der Waals surface area contributed by atoms with Gasteiger partial charge in [0.2, 0.25) is 0 Å². The van der Waals surface area contributed by atoms with Crippen LogP contribution in [0.3, 0.4) is 0 Å². The average Bonchev–Trinajstić information content (AvgIpc) is 2.33. The minimum absolute atomic E-state index is 0.0604. The fourth-order valence-electron chi connectivity index (χ4n) is 2.60. The van der Waals surface area contributed by atoms with Crippen molar-refractivity contribution in [1.29, 1.82) is 0 Å². The monoisotopic (exact) mass is 292 g/mol. The highest BCUT2D eigenvalue weighted by atomic mass is 16.6. The molecule has 0 saturated heterocycles. The molecular weight excluding hydrogens is 268 g/mol. The van der Waals surface area contributed by atoms with Crippen LogP contribution in [0.2, 0.25) is 0 Å². The molecule has 0 radical (unpaired) electrons. The Morgan fingerprint density at radius 1 is 1.24 bits per heavy atom. The Morgan fingerprint density at radius 2 is 1.86 bits per heavy atom. The molecule has 0 aliphatic carbocycles. The van der Waals surface area contributed by atoms with E-state index in [1.54, 1.807) is 6.07 Å². The van der Waals surface area contributed by atoms with Gasteiger partial charge < -0.3 is 5.32 Å². The Bertz CT molecular complexity index is 531. The van der Waals surface area contributed by atoms with Crippen LogP contribution in [0.5, 0.6) is 0 Å². The molecule has 0 heterocycles. The minimum Gasteiger partial charge on any atom is -0.305 e. The molecule has 0 aliphatic rings. The first-order valence-corrected chi connectivity index (χ1v) is 7.03. The summed E-state index contributed by atoms with van der Waals surface area (Å²) in [5, 5.41) is 14.0. The second-order valence-electron chi connectivity index (χ2n) is 7.21. The largest absolute Gasteiger partial charge is 0.305 e. The summed E-state index contributed by atoms with van der Waals surface area (Å²) in [4.78, 5) is 22.4. The molecule has 1 aromatic rings. The number of hydrogen-bond donors (Lipinski definition) is 1. The minimum atomic E-state index is -0.492. The number of carbonyl (C=O) groups is 1. The Balaban J connectivity index is 2.70. The third-order valence-corrected chi connectivity index (χ3v) is 3.08. The van der Waals surface area contributed by atoms with E-state index in [-0.39, 0.29) is 29.0 Å². The van der Waals surface area contributed by atoms with Gasteiger partial charge in [0, 0.05) is 23.2 Å². The van der Waals surface area contributed by atoms with Crippen molar-refractivity contribution in [2.24, 2.45) is 5.41 Å². The maximum absolute atomic E-state index is 12.1. The van der Waals surface area contributed by atoms with E-state index in [2.05, 4.69) is 39.9 Å². The number of benzene rings is 1. The summed E-state index contributed by atoms with van der Waals surface area (Å²) in [6.07, 6.45) is 0.919. The molecular formula is C16H24N2O3. The van der Waals surface area contributed by atoms with Crippen LogP contribution in [0.25, 0.3) is 0 Å². The van der Waals surface area contributed by atoms with Crippen molar-refractivity contribution in [3.63, 3.8) is 0 Å². The molecule has 0 aromatic heterocycles. The van der Waals surface area contributed by atoms with Crippen LogP contribution in [-0.4, -0.2) is 22.8 Å². The molecule has 0 aliphatic heterocycles. The van der Waals surface area contributed by atoms with Gasteiger partial charge in [0.1, 0.15) is 0 Å². The van der Waals surface area contributed by atoms with Crippen LogP contribution in [-0.2, 0) is 0 Å². The summed E-state index contributed by atoms with van der Waals surface area (Å²) in [6.45, 7) is 10.7. The molecule has 0 fully saturated rings. The first-order valence-electron chi connectivity index (χ1n) is 7.03. The number of nitrogens with one attached hydrogen (secondary N) is 1. The molecule has 0 spiro atoms. The van der Waals surface area contributed by atoms with Gasteiger partial charge in [0.25, 0.3) is 5.69 Å². The Hall–Kier alpha value is -1.75. The van der Waals surface area contributed by atoms with Crippen LogP contribution in [0.1, 0.15) is 51.4 Å². The predicted molar refractivity (Wildman–Crippen MR) is 83.6 cm³/mol. The maximum atomic E-state index is 12.1.